The third-order valence-corrected chi connectivity index (χ3v) is 1.51. The smallest absolute Gasteiger partial charge is 0.188 e. The van der Waals surface area contributed by atoms with E-state index in [0.29, 0.717) is 0 Å². The molecule has 0 aliphatic rings. The lowest BCUT2D eigenvalue weighted by Crippen LogP contribution is -2.34. The van der Waals surface area contributed by atoms with Crippen LogP contribution in [0.1, 0.15) is 13.3 Å². The Bertz CT molecular complexity index is 113. The quantitative estimate of drug-likeness (QED) is 0.295. The number of nitrogens with two attached hydrogens (primary N) is 1. The molecule has 0 unspecified atom stereocenters. The minimum Gasteiger partial charge on any atom is -0.370 e. The Morgan fingerprint density at radius 3 is 2.73 bits per heavy atom. The summed E-state index contributed by atoms with van der Waals surface area (Å²) in [5.74, 6) is 0.140. The average Bonchev–Trinajstić information content (AvgIpc) is 1.97. The van der Waals surface area contributed by atoms with Crippen LogP contribution in [0.3, 0.4) is 0 Å². The molecule has 0 heterocycles. The molecule has 0 radical (unpaired) electrons. The molecule has 0 atom stereocenters. The van der Waals surface area contributed by atoms with Crippen molar-refractivity contribution in [1.29, 1.82) is 5.41 Å². The van der Waals surface area contributed by atoms with Gasteiger partial charge >= 0.3 is 0 Å². The van der Waals surface area contributed by atoms with Crippen LogP contribution in [0.5, 0.6) is 0 Å². The number of guanidine groups is 1. The summed E-state index contributed by atoms with van der Waals surface area (Å²) in [5, 5.41) is 10.3. The summed E-state index contributed by atoms with van der Waals surface area (Å²) in [5.41, 5.74) is 5.24. The van der Waals surface area contributed by atoms with E-state index in [2.05, 4.69) is 12.2 Å². The van der Waals surface area contributed by atoms with E-state index >= 15 is 0 Å². The van der Waals surface area contributed by atoms with Crippen molar-refractivity contribution >= 4 is 5.96 Å². The number of hydrogen-bond acceptors (Lipinski definition) is 2. The predicted octanol–water partition coefficient (Wildman–Crippen LogP) is -0.189. The Hall–Kier alpha value is -0.770. The summed E-state index contributed by atoms with van der Waals surface area (Å²) >= 11 is 0. The van der Waals surface area contributed by atoms with Gasteiger partial charge in [0.15, 0.2) is 5.96 Å². The molecule has 0 saturated heterocycles. The Morgan fingerprint density at radius 1 is 1.64 bits per heavy atom. The highest BCUT2D eigenvalue weighted by molar-refractivity contribution is 5.74. The first-order valence-electron chi connectivity index (χ1n) is 3.94. The SMILES string of the molecule is CCNCCCN(C)C(=N)N. The molecule has 4 heteroatoms. The van der Waals surface area contributed by atoms with Crippen LogP contribution in [0.15, 0.2) is 0 Å². The molecular formula is C7H18N4. The third kappa shape index (κ3) is 5.66. The number of hydrogen-bond donors (Lipinski definition) is 3. The molecule has 0 bridgehead atoms. The van der Waals surface area contributed by atoms with Gasteiger partial charge in [-0.3, -0.25) is 5.41 Å². The molecule has 0 aromatic heterocycles. The van der Waals surface area contributed by atoms with Crippen LogP contribution in [0, 0.1) is 5.41 Å². The van der Waals surface area contributed by atoms with Crippen LogP contribution in [-0.4, -0.2) is 37.5 Å². The first-order chi connectivity index (χ1) is 5.18. The number of nitrogens with one attached hydrogen (secondary N) is 2. The van der Waals surface area contributed by atoms with Gasteiger partial charge in [0.2, 0.25) is 0 Å². The molecule has 0 spiro atoms. The molecule has 0 aliphatic heterocycles. The summed E-state index contributed by atoms with van der Waals surface area (Å²) in [6.45, 7) is 4.93. The first-order valence-corrected chi connectivity index (χ1v) is 3.94. The average molecular weight is 158 g/mol. The van der Waals surface area contributed by atoms with Gasteiger partial charge in [0, 0.05) is 13.6 Å². The lowest BCUT2D eigenvalue weighted by molar-refractivity contribution is 0.470. The zero-order valence-electron chi connectivity index (χ0n) is 7.35. The van der Waals surface area contributed by atoms with E-state index in [0.717, 1.165) is 26.1 Å². The maximum absolute atomic E-state index is 7.06. The van der Waals surface area contributed by atoms with E-state index in [9.17, 15) is 0 Å². The highest BCUT2D eigenvalue weighted by Crippen LogP contribution is 1.83. The summed E-state index contributed by atoms with van der Waals surface area (Å²) < 4.78 is 0. The van der Waals surface area contributed by atoms with Crippen molar-refractivity contribution in [3.05, 3.63) is 0 Å². The van der Waals surface area contributed by atoms with Gasteiger partial charge in [-0.25, -0.2) is 0 Å². The van der Waals surface area contributed by atoms with Crippen LogP contribution < -0.4 is 11.1 Å². The summed E-state index contributed by atoms with van der Waals surface area (Å²) in [6.07, 6.45) is 1.03. The maximum atomic E-state index is 7.06. The Labute approximate surface area is 68.3 Å². The maximum Gasteiger partial charge on any atom is 0.188 e. The highest BCUT2D eigenvalue weighted by Gasteiger charge is 1.96. The van der Waals surface area contributed by atoms with Crippen LogP contribution in [-0.2, 0) is 0 Å². The second-order valence-corrected chi connectivity index (χ2v) is 2.51. The number of rotatable bonds is 5. The molecule has 11 heavy (non-hydrogen) atoms. The van der Waals surface area contributed by atoms with Crippen molar-refractivity contribution < 1.29 is 0 Å². The van der Waals surface area contributed by atoms with Gasteiger partial charge < -0.3 is 16.0 Å². The van der Waals surface area contributed by atoms with Crippen molar-refractivity contribution in [2.75, 3.05) is 26.7 Å². The monoisotopic (exact) mass is 158 g/mol. The van der Waals surface area contributed by atoms with Crippen molar-refractivity contribution in [2.45, 2.75) is 13.3 Å². The van der Waals surface area contributed by atoms with E-state index in [-0.39, 0.29) is 5.96 Å². The first kappa shape index (κ1) is 10.2. The molecule has 0 aliphatic carbocycles. The van der Waals surface area contributed by atoms with Crippen LogP contribution in [0.4, 0.5) is 0 Å². The molecule has 66 valence electrons. The van der Waals surface area contributed by atoms with E-state index < -0.39 is 0 Å². The molecule has 0 rings (SSSR count). The fraction of sp³-hybridized carbons (Fsp3) is 0.857. The fourth-order valence-electron chi connectivity index (χ4n) is 0.738. The standard InChI is InChI=1S/C7H18N4/c1-3-10-5-4-6-11(2)7(8)9/h10H,3-6H2,1-2H3,(H3,8,9). The van der Waals surface area contributed by atoms with E-state index in [1.807, 2.05) is 7.05 Å². The second kappa shape index (κ2) is 5.97. The molecule has 0 fully saturated rings. The number of nitrogens with zero attached hydrogens (tertiary/aromatic N) is 1. The molecule has 0 amide bonds. The van der Waals surface area contributed by atoms with Gasteiger partial charge in [0.05, 0.1) is 0 Å². The van der Waals surface area contributed by atoms with E-state index in [4.69, 9.17) is 11.1 Å². The predicted molar refractivity (Wildman–Crippen MR) is 47.7 cm³/mol. The van der Waals surface area contributed by atoms with Crippen molar-refractivity contribution in [2.24, 2.45) is 5.73 Å². The highest BCUT2D eigenvalue weighted by atomic mass is 15.2. The summed E-state index contributed by atoms with van der Waals surface area (Å²) in [6, 6.07) is 0. The molecule has 0 saturated carbocycles. The molecule has 0 aromatic carbocycles. The summed E-state index contributed by atoms with van der Waals surface area (Å²) in [7, 11) is 1.83. The van der Waals surface area contributed by atoms with Gasteiger partial charge in [-0.15, -0.1) is 0 Å². The minimum atomic E-state index is 0.140. The third-order valence-electron chi connectivity index (χ3n) is 1.51. The van der Waals surface area contributed by atoms with Crippen LogP contribution >= 0.6 is 0 Å². The topological polar surface area (TPSA) is 65.1 Å². The minimum absolute atomic E-state index is 0.140. The van der Waals surface area contributed by atoms with E-state index in [1.165, 1.54) is 0 Å². The van der Waals surface area contributed by atoms with Crippen LogP contribution in [0.2, 0.25) is 0 Å². The Kier molecular flexibility index (Phi) is 5.56. The zero-order valence-corrected chi connectivity index (χ0v) is 7.35. The lowest BCUT2D eigenvalue weighted by atomic mass is 10.4. The molecule has 0 aromatic rings. The van der Waals surface area contributed by atoms with E-state index in [1.54, 1.807) is 4.90 Å². The van der Waals surface area contributed by atoms with Gasteiger partial charge in [-0.2, -0.15) is 0 Å². The Balaban J connectivity index is 3.17. The molecule has 4 nitrogen and oxygen atoms in total. The van der Waals surface area contributed by atoms with Crippen LogP contribution in [0.25, 0.3) is 0 Å². The second-order valence-electron chi connectivity index (χ2n) is 2.51. The fourth-order valence-corrected chi connectivity index (χ4v) is 0.738. The van der Waals surface area contributed by atoms with Crippen molar-refractivity contribution in [3.63, 3.8) is 0 Å². The lowest BCUT2D eigenvalue weighted by Gasteiger charge is -2.15. The molecular weight excluding hydrogens is 140 g/mol. The van der Waals surface area contributed by atoms with Gasteiger partial charge in [0.25, 0.3) is 0 Å². The Morgan fingerprint density at radius 2 is 2.27 bits per heavy atom. The zero-order chi connectivity index (χ0) is 8.69. The van der Waals surface area contributed by atoms with Crippen molar-refractivity contribution in [3.8, 4) is 0 Å². The summed E-state index contributed by atoms with van der Waals surface area (Å²) in [4.78, 5) is 1.73. The largest absolute Gasteiger partial charge is 0.370 e. The van der Waals surface area contributed by atoms with Crippen molar-refractivity contribution in [1.82, 2.24) is 10.2 Å². The molecule has 4 N–H and O–H groups in total. The van der Waals surface area contributed by atoms with Gasteiger partial charge in [0.1, 0.15) is 0 Å². The normalized spacial score (nSPS) is 9.64. The van der Waals surface area contributed by atoms with Gasteiger partial charge in [-0.1, -0.05) is 6.92 Å². The van der Waals surface area contributed by atoms with Gasteiger partial charge in [-0.05, 0) is 19.5 Å².